The number of carbonyl (C=O) groups is 2. The molecule has 1 atom stereocenters. The van der Waals surface area contributed by atoms with Crippen LogP contribution in [0.15, 0.2) is 66.7 Å². The number of ether oxygens (including phenoxy) is 2. The maximum atomic E-state index is 13.2. The van der Waals surface area contributed by atoms with Gasteiger partial charge in [0.05, 0.1) is 18.5 Å². The second-order valence-electron chi connectivity index (χ2n) is 8.47. The van der Waals surface area contributed by atoms with E-state index in [1.54, 1.807) is 13.2 Å². The van der Waals surface area contributed by atoms with Crippen LogP contribution in [0.2, 0.25) is 0 Å². The molecule has 1 aliphatic carbocycles. The van der Waals surface area contributed by atoms with Gasteiger partial charge in [0.25, 0.3) is 0 Å². The number of rotatable bonds is 8. The Hall–Kier alpha value is -4.33. The Morgan fingerprint density at radius 3 is 2.67 bits per heavy atom. The number of carbonyl (C=O) groups excluding carboxylic acids is 2. The molecule has 7 nitrogen and oxygen atoms in total. The fourth-order valence-electron chi connectivity index (χ4n) is 4.09. The monoisotopic (exact) mass is 489 g/mol. The van der Waals surface area contributed by atoms with E-state index in [9.17, 15) is 14.0 Å². The lowest BCUT2D eigenvalue weighted by Crippen LogP contribution is -2.27. The molecule has 0 aliphatic heterocycles. The number of nitrogens with two attached hydrogens (primary N) is 1. The number of methoxy groups -OCH3 is 1. The van der Waals surface area contributed by atoms with Crippen LogP contribution in [-0.4, -0.2) is 25.7 Å². The van der Waals surface area contributed by atoms with Crippen molar-refractivity contribution in [3.63, 3.8) is 0 Å². The number of hydrogen-bond acceptors (Lipinski definition) is 5. The summed E-state index contributed by atoms with van der Waals surface area (Å²) in [7, 11) is 1.62. The van der Waals surface area contributed by atoms with Crippen LogP contribution in [0.3, 0.4) is 0 Å². The Bertz CT molecular complexity index is 1270. The summed E-state index contributed by atoms with van der Waals surface area (Å²) >= 11 is 0. The number of fused-ring (bicyclic) bond motifs is 1. The molecule has 4 N–H and O–H groups in total. The highest BCUT2D eigenvalue weighted by molar-refractivity contribution is 6.03. The highest BCUT2D eigenvalue weighted by atomic mass is 19.1. The largest absolute Gasteiger partial charge is 0.497 e. The van der Waals surface area contributed by atoms with Gasteiger partial charge in [-0.15, -0.1) is 0 Å². The lowest BCUT2D eigenvalue weighted by molar-refractivity contribution is -0.111. The van der Waals surface area contributed by atoms with Crippen LogP contribution >= 0.6 is 0 Å². The van der Waals surface area contributed by atoms with Crippen LogP contribution in [0.1, 0.15) is 34.8 Å². The molecule has 3 aromatic rings. The molecule has 2 amide bonds. The van der Waals surface area contributed by atoms with Gasteiger partial charge in [-0.2, -0.15) is 0 Å². The normalized spacial score (nSPS) is 14.3. The van der Waals surface area contributed by atoms with Gasteiger partial charge >= 0.3 is 6.09 Å². The molecular formula is C28H28FN3O4. The molecule has 8 heteroatoms. The summed E-state index contributed by atoms with van der Waals surface area (Å²) in [5.74, 6) is -0.0445. The van der Waals surface area contributed by atoms with Gasteiger partial charge in [0.15, 0.2) is 0 Å². The van der Waals surface area contributed by atoms with Crippen molar-refractivity contribution in [3.8, 4) is 5.75 Å². The zero-order valence-corrected chi connectivity index (χ0v) is 19.9. The minimum atomic E-state index is -0.465. The van der Waals surface area contributed by atoms with Crippen molar-refractivity contribution < 1.29 is 23.5 Å². The maximum absolute atomic E-state index is 13.2. The standard InChI is InChI=1S/C28H28FN3O4/c1-35-22-8-2-18(3-9-22)14-15-31-28(34)36-26-12-6-20-16-19(4-10-23(20)26)5-13-27(33)32-25-11-7-21(29)17-24(25)30/h2-5,7-11,13,16-17,26H,6,12,14-15,30H2,1H3,(H,31,34)(H,32,33)/b13-5+. The number of nitrogens with one attached hydrogen (secondary N) is 2. The molecule has 0 spiro atoms. The molecule has 1 aliphatic rings. The van der Waals surface area contributed by atoms with Gasteiger partial charge in [0.2, 0.25) is 5.91 Å². The molecule has 0 aromatic heterocycles. The van der Waals surface area contributed by atoms with E-state index in [2.05, 4.69) is 10.6 Å². The van der Waals surface area contributed by atoms with E-state index >= 15 is 0 Å². The summed E-state index contributed by atoms with van der Waals surface area (Å²) < 4.78 is 24.0. The molecule has 0 radical (unpaired) electrons. The molecule has 36 heavy (non-hydrogen) atoms. The van der Waals surface area contributed by atoms with Gasteiger partial charge in [0, 0.05) is 12.6 Å². The lowest BCUT2D eigenvalue weighted by Gasteiger charge is -2.14. The van der Waals surface area contributed by atoms with Crippen molar-refractivity contribution in [3.05, 3.63) is 94.8 Å². The number of halogens is 1. The van der Waals surface area contributed by atoms with Gasteiger partial charge < -0.3 is 25.8 Å². The van der Waals surface area contributed by atoms with Crippen molar-refractivity contribution >= 4 is 29.5 Å². The fraction of sp³-hybridized carbons (Fsp3) is 0.214. The Morgan fingerprint density at radius 1 is 1.11 bits per heavy atom. The second kappa shape index (κ2) is 11.4. The number of nitrogen functional groups attached to an aromatic ring is 1. The average molecular weight is 490 g/mol. The Kier molecular flexibility index (Phi) is 7.85. The molecule has 0 saturated heterocycles. The van der Waals surface area contributed by atoms with Crippen LogP contribution in [0.5, 0.6) is 5.75 Å². The number of hydrogen-bond donors (Lipinski definition) is 3. The van der Waals surface area contributed by atoms with E-state index in [-0.39, 0.29) is 17.7 Å². The molecule has 0 heterocycles. The van der Waals surface area contributed by atoms with Crippen molar-refractivity contribution in [1.29, 1.82) is 0 Å². The highest BCUT2D eigenvalue weighted by Crippen LogP contribution is 2.34. The molecule has 1 unspecified atom stereocenters. The van der Waals surface area contributed by atoms with Gasteiger partial charge in [-0.05, 0) is 77.9 Å². The topological polar surface area (TPSA) is 103 Å². The number of aryl methyl sites for hydroxylation is 1. The minimum absolute atomic E-state index is 0.157. The van der Waals surface area contributed by atoms with Crippen molar-refractivity contribution in [2.45, 2.75) is 25.4 Å². The van der Waals surface area contributed by atoms with Crippen LogP contribution in [-0.2, 0) is 22.4 Å². The third-order valence-corrected chi connectivity index (χ3v) is 5.98. The molecule has 4 rings (SSSR count). The lowest BCUT2D eigenvalue weighted by atomic mass is 10.1. The number of amides is 2. The van der Waals surface area contributed by atoms with Crippen LogP contribution in [0.4, 0.5) is 20.6 Å². The summed E-state index contributed by atoms with van der Waals surface area (Å²) in [5, 5.41) is 5.44. The summed E-state index contributed by atoms with van der Waals surface area (Å²) in [6, 6.07) is 17.3. The Balaban J connectivity index is 1.27. The molecule has 0 fully saturated rings. The van der Waals surface area contributed by atoms with Crippen molar-refractivity contribution in [1.82, 2.24) is 5.32 Å². The summed E-state index contributed by atoms with van der Waals surface area (Å²) in [5.41, 5.74) is 10.2. The van der Waals surface area contributed by atoms with E-state index < -0.39 is 11.9 Å². The van der Waals surface area contributed by atoms with Crippen LogP contribution < -0.4 is 21.1 Å². The van der Waals surface area contributed by atoms with Gasteiger partial charge in [-0.1, -0.05) is 30.3 Å². The number of alkyl carbamates (subject to hydrolysis) is 1. The zero-order valence-electron chi connectivity index (χ0n) is 19.9. The van der Waals surface area contributed by atoms with E-state index in [1.165, 1.54) is 18.2 Å². The Labute approximate surface area is 209 Å². The minimum Gasteiger partial charge on any atom is -0.497 e. The van der Waals surface area contributed by atoms with E-state index in [0.717, 1.165) is 40.5 Å². The molecular weight excluding hydrogens is 461 g/mol. The predicted molar refractivity (Wildman–Crippen MR) is 137 cm³/mol. The van der Waals surface area contributed by atoms with Crippen molar-refractivity contribution in [2.24, 2.45) is 0 Å². The number of benzene rings is 3. The molecule has 186 valence electrons. The predicted octanol–water partition coefficient (Wildman–Crippen LogP) is 5.02. The zero-order chi connectivity index (χ0) is 25.5. The first kappa shape index (κ1) is 24.8. The molecule has 0 bridgehead atoms. The van der Waals surface area contributed by atoms with Crippen LogP contribution in [0, 0.1) is 5.82 Å². The smallest absolute Gasteiger partial charge is 0.407 e. The first-order valence-electron chi connectivity index (χ1n) is 11.7. The first-order chi connectivity index (χ1) is 17.4. The first-order valence-corrected chi connectivity index (χ1v) is 11.7. The van der Waals surface area contributed by atoms with Gasteiger partial charge in [0.1, 0.15) is 17.7 Å². The summed E-state index contributed by atoms with van der Waals surface area (Å²) in [4.78, 5) is 24.5. The molecule has 3 aromatic carbocycles. The van der Waals surface area contributed by atoms with Crippen LogP contribution in [0.25, 0.3) is 6.08 Å². The summed E-state index contributed by atoms with van der Waals surface area (Å²) in [6.45, 7) is 0.472. The van der Waals surface area contributed by atoms with E-state index in [1.807, 2.05) is 42.5 Å². The molecule has 0 saturated carbocycles. The third kappa shape index (κ3) is 6.41. The fourth-order valence-corrected chi connectivity index (χ4v) is 4.09. The maximum Gasteiger partial charge on any atom is 0.407 e. The Morgan fingerprint density at radius 2 is 1.92 bits per heavy atom. The van der Waals surface area contributed by atoms with Crippen molar-refractivity contribution in [2.75, 3.05) is 24.7 Å². The quantitative estimate of drug-likeness (QED) is 0.304. The highest BCUT2D eigenvalue weighted by Gasteiger charge is 2.25. The summed E-state index contributed by atoms with van der Waals surface area (Å²) in [6.07, 6.45) is 4.51. The number of anilines is 2. The SMILES string of the molecule is COc1ccc(CCNC(=O)OC2CCc3cc(/C=C/C(=O)Nc4ccc(F)cc4N)ccc32)cc1. The van der Waals surface area contributed by atoms with Gasteiger partial charge in [-0.3, -0.25) is 4.79 Å². The van der Waals surface area contributed by atoms with E-state index in [4.69, 9.17) is 15.2 Å². The average Bonchev–Trinajstić information content (AvgIpc) is 3.26. The third-order valence-electron chi connectivity index (χ3n) is 5.98. The second-order valence-corrected chi connectivity index (χ2v) is 8.47. The van der Waals surface area contributed by atoms with E-state index in [0.29, 0.717) is 25.1 Å². The van der Waals surface area contributed by atoms with Gasteiger partial charge in [-0.25, -0.2) is 9.18 Å².